The first-order valence-corrected chi connectivity index (χ1v) is 4.23. The van der Waals surface area contributed by atoms with Crippen molar-refractivity contribution < 1.29 is 0 Å². The van der Waals surface area contributed by atoms with Gasteiger partial charge in [0.25, 0.3) is 0 Å². The van der Waals surface area contributed by atoms with Crippen LogP contribution >= 0.6 is 38.7 Å². The van der Waals surface area contributed by atoms with E-state index in [2.05, 4.69) is 42.8 Å². The number of hydrogen-bond acceptors (Lipinski definition) is 1. The molecule has 1 nitrogen and oxygen atoms in total. The fraction of sp³-hybridized carbons (Fsp3) is 0.167. The highest BCUT2D eigenvalue weighted by Crippen LogP contribution is 2.05. The molecule has 0 rings (SSSR count). The molecule has 9 heavy (non-hydrogen) atoms. The van der Waals surface area contributed by atoms with E-state index in [1.165, 1.54) is 3.58 Å². The lowest BCUT2D eigenvalue weighted by Crippen LogP contribution is -1.62. The van der Waals surface area contributed by atoms with Gasteiger partial charge in [0.1, 0.15) is 0 Å². The minimum Gasteiger partial charge on any atom is -0.215 e. The van der Waals surface area contributed by atoms with Crippen molar-refractivity contribution in [2.45, 2.75) is 6.92 Å². The molecule has 0 bridgehead atoms. The lowest BCUT2D eigenvalue weighted by atomic mass is 10.4. The van der Waals surface area contributed by atoms with Crippen LogP contribution in [0.2, 0.25) is 0 Å². The van der Waals surface area contributed by atoms with Crippen LogP contribution in [0.3, 0.4) is 0 Å². The highest BCUT2D eigenvalue weighted by molar-refractivity contribution is 14.1. The number of nitrogens with zero attached hydrogens (tertiary/aromatic N) is 1. The van der Waals surface area contributed by atoms with Crippen LogP contribution in [0.25, 0.3) is 0 Å². The van der Waals surface area contributed by atoms with E-state index in [1.54, 1.807) is 6.21 Å². The number of rotatable bonds is 2. The van der Waals surface area contributed by atoms with E-state index in [9.17, 15) is 0 Å². The monoisotopic (exact) mass is 299 g/mol. The van der Waals surface area contributed by atoms with Crippen LogP contribution in [-0.2, 0) is 0 Å². The van der Waals surface area contributed by atoms with Gasteiger partial charge in [-0.05, 0) is 35.6 Å². The third kappa shape index (κ3) is 6.24. The van der Waals surface area contributed by atoms with Gasteiger partial charge in [-0.3, -0.25) is 0 Å². The number of allylic oxidation sites excluding steroid dienone is 4. The summed E-state index contributed by atoms with van der Waals surface area (Å²) in [4.78, 5) is 0. The third-order valence-corrected chi connectivity index (χ3v) is 1.57. The first-order valence-electron chi connectivity index (χ1n) is 2.44. The fourth-order valence-electron chi connectivity index (χ4n) is 0.314. The molecular formula is C6H7BrIN. The van der Waals surface area contributed by atoms with E-state index in [0.29, 0.717) is 0 Å². The SMILES string of the molecule is C/C=C\C(I)=C/C=NBr. The maximum absolute atomic E-state index is 3.63. The largest absolute Gasteiger partial charge is 0.215 e. The molecule has 0 saturated heterocycles. The normalized spacial score (nSPS) is 13.9. The van der Waals surface area contributed by atoms with Crippen LogP contribution in [0, 0.1) is 0 Å². The zero-order valence-corrected chi connectivity index (χ0v) is 8.76. The van der Waals surface area contributed by atoms with Gasteiger partial charge in [-0.1, -0.05) is 12.2 Å². The smallest absolute Gasteiger partial charge is 0.0733 e. The minimum absolute atomic E-state index is 1.17. The Balaban J connectivity index is 3.84. The average molecular weight is 300 g/mol. The third-order valence-electron chi connectivity index (χ3n) is 0.616. The molecule has 0 unspecified atom stereocenters. The molecule has 0 heterocycles. The first-order chi connectivity index (χ1) is 4.31. The maximum Gasteiger partial charge on any atom is 0.0733 e. The van der Waals surface area contributed by atoms with Crippen LogP contribution in [0.5, 0.6) is 0 Å². The molecule has 0 aromatic rings. The van der Waals surface area contributed by atoms with Gasteiger partial charge < -0.3 is 0 Å². The second kappa shape index (κ2) is 6.48. The molecular weight excluding hydrogens is 293 g/mol. The first kappa shape index (κ1) is 9.36. The predicted octanol–water partition coefficient (Wildman–Crippen LogP) is 3.26. The summed E-state index contributed by atoms with van der Waals surface area (Å²) < 4.78 is 4.80. The molecule has 0 saturated carbocycles. The van der Waals surface area contributed by atoms with Gasteiger partial charge in [0.05, 0.1) is 16.1 Å². The second-order valence-corrected chi connectivity index (χ2v) is 2.95. The summed E-state index contributed by atoms with van der Waals surface area (Å²) >= 11 is 5.15. The zero-order chi connectivity index (χ0) is 7.11. The highest BCUT2D eigenvalue weighted by atomic mass is 127. The maximum atomic E-state index is 3.63. The van der Waals surface area contributed by atoms with Crippen molar-refractivity contribution in [2.75, 3.05) is 0 Å². The molecule has 0 radical (unpaired) electrons. The van der Waals surface area contributed by atoms with E-state index in [0.717, 1.165) is 0 Å². The molecule has 50 valence electrons. The van der Waals surface area contributed by atoms with Crippen LogP contribution in [0.1, 0.15) is 6.92 Å². The summed E-state index contributed by atoms with van der Waals surface area (Å²) in [7, 11) is 0. The van der Waals surface area contributed by atoms with Gasteiger partial charge in [-0.15, -0.1) is 0 Å². The molecule has 0 aromatic carbocycles. The van der Waals surface area contributed by atoms with Gasteiger partial charge in [0.15, 0.2) is 0 Å². The van der Waals surface area contributed by atoms with Crippen molar-refractivity contribution in [3.63, 3.8) is 0 Å². The van der Waals surface area contributed by atoms with Gasteiger partial charge in [-0.25, -0.2) is 4.02 Å². The second-order valence-electron chi connectivity index (χ2n) is 1.30. The number of hydrogen-bond donors (Lipinski definition) is 0. The Morgan fingerprint density at radius 2 is 2.33 bits per heavy atom. The average Bonchev–Trinajstić information content (AvgIpc) is 1.85. The summed E-state index contributed by atoms with van der Waals surface area (Å²) in [6.07, 6.45) is 7.60. The summed E-state index contributed by atoms with van der Waals surface area (Å²) in [6, 6.07) is 0. The van der Waals surface area contributed by atoms with Gasteiger partial charge in [0, 0.05) is 9.79 Å². The Kier molecular flexibility index (Phi) is 6.74. The van der Waals surface area contributed by atoms with Crippen molar-refractivity contribution in [3.8, 4) is 0 Å². The molecule has 0 spiro atoms. The molecule has 0 aromatic heterocycles. The summed E-state index contributed by atoms with van der Waals surface area (Å²) in [5, 5.41) is 0. The van der Waals surface area contributed by atoms with E-state index in [1.807, 2.05) is 25.2 Å². The fourth-order valence-corrected chi connectivity index (χ4v) is 0.953. The molecule has 0 aliphatic heterocycles. The summed E-state index contributed by atoms with van der Waals surface area (Å²) in [5.74, 6) is 0. The minimum atomic E-state index is 1.17. The Morgan fingerprint density at radius 1 is 1.67 bits per heavy atom. The Morgan fingerprint density at radius 3 is 2.78 bits per heavy atom. The van der Waals surface area contributed by atoms with Crippen LogP contribution in [0.15, 0.2) is 25.8 Å². The molecule has 0 N–H and O–H groups in total. The molecule has 0 fully saturated rings. The predicted molar refractivity (Wildman–Crippen MR) is 54.3 cm³/mol. The van der Waals surface area contributed by atoms with Gasteiger partial charge in [-0.2, -0.15) is 0 Å². The Hall–Kier alpha value is 0.360. The summed E-state index contributed by atoms with van der Waals surface area (Å²) in [6.45, 7) is 1.98. The van der Waals surface area contributed by atoms with Crippen molar-refractivity contribution in [1.82, 2.24) is 0 Å². The van der Waals surface area contributed by atoms with Crippen molar-refractivity contribution in [3.05, 3.63) is 21.8 Å². The van der Waals surface area contributed by atoms with Crippen molar-refractivity contribution in [2.24, 2.45) is 4.02 Å². The molecule has 0 aliphatic rings. The van der Waals surface area contributed by atoms with E-state index >= 15 is 0 Å². The lowest BCUT2D eigenvalue weighted by Gasteiger charge is -1.80. The van der Waals surface area contributed by atoms with Gasteiger partial charge in [0.2, 0.25) is 0 Å². The number of halogens is 2. The summed E-state index contributed by atoms with van der Waals surface area (Å²) in [5.41, 5.74) is 0. The van der Waals surface area contributed by atoms with Crippen LogP contribution in [-0.4, -0.2) is 6.21 Å². The van der Waals surface area contributed by atoms with Crippen molar-refractivity contribution >= 4 is 45.0 Å². The topological polar surface area (TPSA) is 12.4 Å². The standard InChI is InChI=1S/C6H7BrIN/c1-2-3-6(8)4-5-9-7/h2-5H,1H3/b3-2-,6-4+,9-5?. The lowest BCUT2D eigenvalue weighted by molar-refractivity contribution is 1.73. The van der Waals surface area contributed by atoms with Crippen LogP contribution < -0.4 is 0 Å². The molecule has 0 aliphatic carbocycles. The molecule has 3 heteroatoms. The van der Waals surface area contributed by atoms with E-state index < -0.39 is 0 Å². The van der Waals surface area contributed by atoms with Gasteiger partial charge >= 0.3 is 0 Å². The molecule has 0 amide bonds. The van der Waals surface area contributed by atoms with Crippen LogP contribution in [0.4, 0.5) is 0 Å². The van der Waals surface area contributed by atoms with E-state index in [4.69, 9.17) is 0 Å². The Labute approximate surface area is 77.4 Å². The molecule has 0 atom stereocenters. The van der Waals surface area contributed by atoms with Crippen molar-refractivity contribution in [1.29, 1.82) is 0 Å². The highest BCUT2D eigenvalue weighted by Gasteiger charge is 1.76. The van der Waals surface area contributed by atoms with E-state index in [-0.39, 0.29) is 0 Å². The Bertz CT molecular complexity index is 149. The quantitative estimate of drug-likeness (QED) is 0.422. The zero-order valence-electron chi connectivity index (χ0n) is 5.01.